The van der Waals surface area contributed by atoms with Crippen molar-refractivity contribution in [1.29, 1.82) is 0 Å². The summed E-state index contributed by atoms with van der Waals surface area (Å²) in [6, 6.07) is 6.63. The Morgan fingerprint density at radius 2 is 1.86 bits per heavy atom. The molecule has 0 heterocycles. The maximum atomic E-state index is 12.8. The summed E-state index contributed by atoms with van der Waals surface area (Å²) in [6.07, 6.45) is 1.89. The standard InChI is InChI=1S/C16H27FN4.HI/c1-4-18-16(19-11-5-13-21(2)3)20-12-10-14-6-8-15(17)9-7-14;/h6-9H,4-5,10-13H2,1-3H3,(H2,18,19,20);1H. The molecule has 0 unspecified atom stereocenters. The second-order valence-corrected chi connectivity index (χ2v) is 5.22. The molecule has 0 atom stereocenters. The molecule has 0 fully saturated rings. The van der Waals surface area contributed by atoms with Gasteiger partial charge < -0.3 is 15.5 Å². The molecule has 1 aromatic rings. The lowest BCUT2D eigenvalue weighted by atomic mass is 10.1. The molecule has 4 nitrogen and oxygen atoms in total. The zero-order valence-electron chi connectivity index (χ0n) is 13.7. The minimum Gasteiger partial charge on any atom is -0.357 e. The molecule has 0 spiro atoms. The minimum absolute atomic E-state index is 0. The number of hydrogen-bond donors (Lipinski definition) is 2. The Kier molecular flexibility index (Phi) is 12.1. The van der Waals surface area contributed by atoms with Crippen LogP contribution in [0.3, 0.4) is 0 Å². The van der Waals surface area contributed by atoms with Crippen molar-refractivity contribution in [2.24, 2.45) is 4.99 Å². The smallest absolute Gasteiger partial charge is 0.191 e. The topological polar surface area (TPSA) is 39.7 Å². The van der Waals surface area contributed by atoms with E-state index in [0.717, 1.165) is 50.5 Å². The van der Waals surface area contributed by atoms with Gasteiger partial charge in [0.15, 0.2) is 5.96 Å². The van der Waals surface area contributed by atoms with Gasteiger partial charge in [0.1, 0.15) is 5.82 Å². The molecule has 0 bridgehead atoms. The molecular weight excluding hydrogens is 394 g/mol. The van der Waals surface area contributed by atoms with Crippen LogP contribution in [0.15, 0.2) is 29.3 Å². The number of benzene rings is 1. The van der Waals surface area contributed by atoms with Crippen LogP contribution in [0.2, 0.25) is 0 Å². The fourth-order valence-corrected chi connectivity index (χ4v) is 1.90. The van der Waals surface area contributed by atoms with E-state index in [1.54, 1.807) is 0 Å². The molecule has 0 aliphatic carbocycles. The molecule has 0 aliphatic rings. The molecule has 1 rings (SSSR count). The Hall–Kier alpha value is -0.890. The Morgan fingerprint density at radius 3 is 2.45 bits per heavy atom. The first-order valence-electron chi connectivity index (χ1n) is 7.53. The van der Waals surface area contributed by atoms with E-state index in [9.17, 15) is 4.39 Å². The quantitative estimate of drug-likeness (QED) is 0.293. The number of nitrogens with zero attached hydrogens (tertiary/aromatic N) is 2. The predicted molar refractivity (Wildman–Crippen MR) is 103 cm³/mol. The molecular formula is C16H28FIN4. The number of guanidine groups is 1. The van der Waals surface area contributed by atoms with Gasteiger partial charge in [-0.2, -0.15) is 0 Å². The maximum absolute atomic E-state index is 12.8. The SMILES string of the molecule is CCNC(=NCCCN(C)C)NCCc1ccc(F)cc1.I. The summed E-state index contributed by atoms with van der Waals surface area (Å²) in [6.45, 7) is 5.53. The third-order valence-corrected chi connectivity index (χ3v) is 3.00. The van der Waals surface area contributed by atoms with Crippen LogP contribution >= 0.6 is 24.0 Å². The molecule has 6 heteroatoms. The van der Waals surface area contributed by atoms with Gasteiger partial charge >= 0.3 is 0 Å². The highest BCUT2D eigenvalue weighted by atomic mass is 127. The normalized spacial score (nSPS) is 11.2. The third-order valence-electron chi connectivity index (χ3n) is 3.00. The zero-order valence-corrected chi connectivity index (χ0v) is 16.1. The number of aliphatic imine (C=N–C) groups is 1. The lowest BCUT2D eigenvalue weighted by Gasteiger charge is -2.12. The zero-order chi connectivity index (χ0) is 15.5. The molecule has 0 saturated carbocycles. The summed E-state index contributed by atoms with van der Waals surface area (Å²) in [5.41, 5.74) is 1.12. The van der Waals surface area contributed by atoms with E-state index in [-0.39, 0.29) is 29.8 Å². The van der Waals surface area contributed by atoms with Crippen molar-refractivity contribution in [3.05, 3.63) is 35.6 Å². The van der Waals surface area contributed by atoms with Gasteiger partial charge in [0.25, 0.3) is 0 Å². The second kappa shape index (κ2) is 12.6. The van der Waals surface area contributed by atoms with Crippen LogP contribution in [-0.4, -0.2) is 51.1 Å². The Morgan fingerprint density at radius 1 is 1.18 bits per heavy atom. The molecule has 0 radical (unpaired) electrons. The summed E-state index contributed by atoms with van der Waals surface area (Å²) in [5.74, 6) is 0.654. The van der Waals surface area contributed by atoms with Crippen molar-refractivity contribution < 1.29 is 4.39 Å². The average Bonchev–Trinajstić information content (AvgIpc) is 2.45. The van der Waals surface area contributed by atoms with E-state index in [0.29, 0.717) is 0 Å². The van der Waals surface area contributed by atoms with Crippen LogP contribution in [0.25, 0.3) is 0 Å². The van der Waals surface area contributed by atoms with E-state index in [1.807, 2.05) is 12.1 Å². The van der Waals surface area contributed by atoms with Crippen molar-refractivity contribution in [3.63, 3.8) is 0 Å². The van der Waals surface area contributed by atoms with Crippen molar-refractivity contribution in [2.75, 3.05) is 40.3 Å². The highest BCUT2D eigenvalue weighted by molar-refractivity contribution is 14.0. The molecule has 22 heavy (non-hydrogen) atoms. The van der Waals surface area contributed by atoms with Crippen LogP contribution in [-0.2, 0) is 6.42 Å². The summed E-state index contributed by atoms with van der Waals surface area (Å²) >= 11 is 0. The minimum atomic E-state index is -0.192. The van der Waals surface area contributed by atoms with E-state index < -0.39 is 0 Å². The third kappa shape index (κ3) is 9.94. The Labute approximate surface area is 150 Å². The summed E-state index contributed by atoms with van der Waals surface area (Å²) < 4.78 is 12.8. The highest BCUT2D eigenvalue weighted by Gasteiger charge is 1.98. The average molecular weight is 422 g/mol. The Bertz CT molecular complexity index is 421. The first-order valence-corrected chi connectivity index (χ1v) is 7.53. The van der Waals surface area contributed by atoms with Crippen molar-refractivity contribution in [2.45, 2.75) is 19.8 Å². The molecule has 0 aliphatic heterocycles. The Balaban J connectivity index is 0.00000441. The van der Waals surface area contributed by atoms with E-state index in [2.05, 4.69) is 41.5 Å². The largest absolute Gasteiger partial charge is 0.357 e. The van der Waals surface area contributed by atoms with Gasteiger partial charge in [-0.15, -0.1) is 24.0 Å². The fourth-order valence-electron chi connectivity index (χ4n) is 1.90. The molecule has 0 amide bonds. The van der Waals surface area contributed by atoms with Crippen LogP contribution in [0.4, 0.5) is 4.39 Å². The van der Waals surface area contributed by atoms with Gasteiger partial charge in [0.2, 0.25) is 0 Å². The van der Waals surface area contributed by atoms with Crippen molar-refractivity contribution in [3.8, 4) is 0 Å². The first kappa shape index (κ1) is 21.1. The van der Waals surface area contributed by atoms with Crippen molar-refractivity contribution in [1.82, 2.24) is 15.5 Å². The van der Waals surface area contributed by atoms with E-state index in [1.165, 1.54) is 12.1 Å². The lowest BCUT2D eigenvalue weighted by Crippen LogP contribution is -2.38. The van der Waals surface area contributed by atoms with Gasteiger partial charge in [-0.25, -0.2) is 4.39 Å². The lowest BCUT2D eigenvalue weighted by molar-refractivity contribution is 0.403. The van der Waals surface area contributed by atoms with E-state index >= 15 is 0 Å². The van der Waals surface area contributed by atoms with Crippen LogP contribution in [0, 0.1) is 5.82 Å². The van der Waals surface area contributed by atoms with Crippen LogP contribution in [0.5, 0.6) is 0 Å². The van der Waals surface area contributed by atoms with E-state index in [4.69, 9.17) is 0 Å². The molecule has 0 aromatic heterocycles. The van der Waals surface area contributed by atoms with Gasteiger partial charge in [-0.05, 0) is 58.1 Å². The number of nitrogens with one attached hydrogen (secondary N) is 2. The fraction of sp³-hybridized carbons (Fsp3) is 0.562. The summed E-state index contributed by atoms with van der Waals surface area (Å²) in [4.78, 5) is 6.70. The number of halogens is 2. The summed E-state index contributed by atoms with van der Waals surface area (Å²) in [7, 11) is 4.13. The van der Waals surface area contributed by atoms with Crippen LogP contribution < -0.4 is 10.6 Å². The highest BCUT2D eigenvalue weighted by Crippen LogP contribution is 2.02. The first-order chi connectivity index (χ1) is 10.1. The van der Waals surface area contributed by atoms with Crippen molar-refractivity contribution >= 4 is 29.9 Å². The maximum Gasteiger partial charge on any atom is 0.191 e. The molecule has 2 N–H and O–H groups in total. The number of rotatable bonds is 8. The molecule has 0 saturated heterocycles. The number of hydrogen-bond acceptors (Lipinski definition) is 2. The van der Waals surface area contributed by atoms with Gasteiger partial charge in [-0.3, -0.25) is 4.99 Å². The monoisotopic (exact) mass is 422 g/mol. The second-order valence-electron chi connectivity index (χ2n) is 5.22. The van der Waals surface area contributed by atoms with Gasteiger partial charge in [0, 0.05) is 19.6 Å². The predicted octanol–water partition coefficient (Wildman–Crippen LogP) is 2.49. The van der Waals surface area contributed by atoms with Gasteiger partial charge in [0.05, 0.1) is 0 Å². The molecule has 126 valence electrons. The molecule has 1 aromatic carbocycles. The summed E-state index contributed by atoms with van der Waals surface area (Å²) in [5, 5.41) is 6.53. The van der Waals surface area contributed by atoms with Gasteiger partial charge in [-0.1, -0.05) is 12.1 Å². The van der Waals surface area contributed by atoms with Crippen LogP contribution in [0.1, 0.15) is 18.9 Å².